The van der Waals surface area contributed by atoms with Gasteiger partial charge in [0.2, 0.25) is 5.91 Å². The van der Waals surface area contributed by atoms with Gasteiger partial charge in [-0.25, -0.2) is 4.39 Å². The Morgan fingerprint density at radius 3 is 2.52 bits per heavy atom. The Hall–Kier alpha value is -1.72. The zero-order chi connectivity index (χ0) is 18.4. The molecule has 0 radical (unpaired) electrons. The van der Waals surface area contributed by atoms with Crippen LogP contribution in [0.25, 0.3) is 0 Å². The molecule has 0 N–H and O–H groups in total. The lowest BCUT2D eigenvalue weighted by atomic mass is 10.2. The van der Waals surface area contributed by atoms with Crippen molar-refractivity contribution >= 4 is 17.2 Å². The van der Waals surface area contributed by atoms with Gasteiger partial charge in [0.25, 0.3) is 0 Å². The predicted molar refractivity (Wildman–Crippen MR) is 102 cm³/mol. The van der Waals surface area contributed by atoms with E-state index in [0.717, 1.165) is 12.1 Å². The highest BCUT2D eigenvalue weighted by atomic mass is 32.1. The van der Waals surface area contributed by atoms with E-state index in [1.165, 1.54) is 21.9 Å². The van der Waals surface area contributed by atoms with Crippen molar-refractivity contribution in [3.05, 3.63) is 57.5 Å². The van der Waals surface area contributed by atoms with Crippen LogP contribution in [0.3, 0.4) is 0 Å². The highest BCUT2D eigenvalue weighted by Crippen LogP contribution is 2.18. The van der Waals surface area contributed by atoms with Gasteiger partial charge in [-0.2, -0.15) is 0 Å². The van der Waals surface area contributed by atoms with Crippen molar-refractivity contribution in [3.63, 3.8) is 0 Å². The monoisotopic (exact) mass is 362 g/mol. The number of nitrogens with zero attached hydrogens (tertiary/aromatic N) is 2. The summed E-state index contributed by atoms with van der Waals surface area (Å²) in [4.78, 5) is 19.3. The molecule has 0 atom stereocenters. The fraction of sp³-hybridized carbons (Fsp3) is 0.450. The Morgan fingerprint density at radius 2 is 1.96 bits per heavy atom. The first-order valence-corrected chi connectivity index (χ1v) is 9.52. The highest BCUT2D eigenvalue weighted by molar-refractivity contribution is 7.11. The molecule has 25 heavy (non-hydrogen) atoms. The van der Waals surface area contributed by atoms with E-state index in [0.29, 0.717) is 19.6 Å². The molecule has 1 aromatic carbocycles. The summed E-state index contributed by atoms with van der Waals surface area (Å²) in [6.07, 6.45) is 0. The van der Waals surface area contributed by atoms with Crippen molar-refractivity contribution in [2.75, 3.05) is 13.1 Å². The summed E-state index contributed by atoms with van der Waals surface area (Å²) in [5.74, 6) is -0.188. The van der Waals surface area contributed by atoms with Crippen LogP contribution < -0.4 is 0 Å². The van der Waals surface area contributed by atoms with Gasteiger partial charge in [-0.15, -0.1) is 11.3 Å². The number of hydrogen-bond acceptors (Lipinski definition) is 3. The second kappa shape index (κ2) is 9.11. The van der Waals surface area contributed by atoms with Crippen molar-refractivity contribution in [1.82, 2.24) is 9.80 Å². The highest BCUT2D eigenvalue weighted by Gasteiger charge is 2.19. The predicted octanol–water partition coefficient (Wildman–Crippen LogP) is 4.45. The minimum atomic E-state index is -0.266. The Labute approximate surface area is 154 Å². The van der Waals surface area contributed by atoms with Gasteiger partial charge in [-0.1, -0.05) is 12.1 Å². The molecule has 0 fully saturated rings. The van der Waals surface area contributed by atoms with Crippen LogP contribution in [0.4, 0.5) is 4.39 Å². The van der Waals surface area contributed by atoms with Crippen LogP contribution in [-0.2, 0) is 17.9 Å². The van der Waals surface area contributed by atoms with E-state index >= 15 is 0 Å². The molecule has 0 unspecified atom stereocenters. The molecule has 0 aliphatic carbocycles. The summed E-state index contributed by atoms with van der Waals surface area (Å²) in [6, 6.07) is 11.0. The average Bonchev–Trinajstić information content (AvgIpc) is 2.97. The van der Waals surface area contributed by atoms with E-state index in [1.807, 2.05) is 13.0 Å². The minimum absolute atomic E-state index is 0.0775. The third-order valence-electron chi connectivity index (χ3n) is 4.22. The number of carbonyl (C=O) groups is 1. The average molecular weight is 363 g/mol. The first kappa shape index (κ1) is 19.6. The smallest absolute Gasteiger partial charge is 0.237 e. The van der Waals surface area contributed by atoms with Crippen LogP contribution in [-0.4, -0.2) is 34.8 Å². The summed E-state index contributed by atoms with van der Waals surface area (Å²) < 4.78 is 13.4. The molecule has 1 aromatic heterocycles. The maximum Gasteiger partial charge on any atom is 0.237 e. The molecule has 3 nitrogen and oxygen atoms in total. The molecule has 136 valence electrons. The Morgan fingerprint density at radius 1 is 1.20 bits per heavy atom. The van der Waals surface area contributed by atoms with Crippen LogP contribution in [0.1, 0.15) is 36.1 Å². The van der Waals surface area contributed by atoms with Gasteiger partial charge in [0, 0.05) is 35.4 Å². The van der Waals surface area contributed by atoms with Crippen molar-refractivity contribution in [2.24, 2.45) is 0 Å². The largest absolute Gasteiger partial charge is 0.338 e. The van der Waals surface area contributed by atoms with Crippen molar-refractivity contribution in [2.45, 2.75) is 46.8 Å². The van der Waals surface area contributed by atoms with E-state index in [2.05, 4.69) is 37.8 Å². The van der Waals surface area contributed by atoms with Crippen LogP contribution in [0.15, 0.2) is 36.4 Å². The SMILES string of the molecule is CCN(Cc1cccc(F)c1)C(=O)CN(Cc1ccc(C)s1)C(C)C. The topological polar surface area (TPSA) is 23.6 Å². The molecule has 1 amide bonds. The van der Waals surface area contributed by atoms with Crippen molar-refractivity contribution in [3.8, 4) is 0 Å². The number of aryl methyl sites for hydroxylation is 1. The zero-order valence-corrected chi connectivity index (χ0v) is 16.3. The van der Waals surface area contributed by atoms with Gasteiger partial charge in [0.1, 0.15) is 5.82 Å². The van der Waals surface area contributed by atoms with Crippen LogP contribution in [0.5, 0.6) is 0 Å². The quantitative estimate of drug-likeness (QED) is 0.692. The molecule has 0 saturated carbocycles. The third kappa shape index (κ3) is 5.94. The number of amides is 1. The standard InChI is InChI=1S/C20H27FN2OS/c1-5-22(12-17-7-6-8-18(21)11-17)20(24)14-23(15(2)3)13-19-10-9-16(4)25-19/h6-11,15H,5,12-14H2,1-4H3. The Kier molecular flexibility index (Phi) is 7.14. The lowest BCUT2D eigenvalue weighted by molar-refractivity contribution is -0.133. The van der Waals surface area contributed by atoms with E-state index in [1.54, 1.807) is 22.3 Å². The van der Waals surface area contributed by atoms with Crippen LogP contribution in [0, 0.1) is 12.7 Å². The maximum absolute atomic E-state index is 13.4. The van der Waals surface area contributed by atoms with Gasteiger partial charge in [0.05, 0.1) is 6.54 Å². The molecular weight excluding hydrogens is 335 g/mol. The maximum atomic E-state index is 13.4. The van der Waals surface area contributed by atoms with E-state index in [9.17, 15) is 9.18 Å². The van der Waals surface area contributed by atoms with Gasteiger partial charge >= 0.3 is 0 Å². The number of benzene rings is 1. The molecular formula is C20H27FN2OS. The summed E-state index contributed by atoms with van der Waals surface area (Å²) in [5.41, 5.74) is 0.820. The first-order valence-electron chi connectivity index (χ1n) is 8.70. The molecule has 5 heteroatoms. The second-order valence-corrected chi connectivity index (χ2v) is 7.92. The number of carbonyl (C=O) groups excluding carboxylic acids is 1. The molecule has 0 aliphatic rings. The lowest BCUT2D eigenvalue weighted by Crippen LogP contribution is -2.42. The van der Waals surface area contributed by atoms with Crippen molar-refractivity contribution in [1.29, 1.82) is 0 Å². The van der Waals surface area contributed by atoms with Gasteiger partial charge in [0.15, 0.2) is 0 Å². The molecule has 1 heterocycles. The molecule has 0 aliphatic heterocycles. The van der Waals surface area contributed by atoms with E-state index < -0.39 is 0 Å². The van der Waals surface area contributed by atoms with Crippen LogP contribution >= 0.6 is 11.3 Å². The molecule has 2 aromatic rings. The van der Waals surface area contributed by atoms with Gasteiger partial charge in [-0.05, 0) is 57.5 Å². The van der Waals surface area contributed by atoms with E-state index in [-0.39, 0.29) is 17.8 Å². The van der Waals surface area contributed by atoms with Gasteiger partial charge < -0.3 is 4.90 Å². The Balaban J connectivity index is 2.02. The first-order chi connectivity index (χ1) is 11.9. The Bertz CT molecular complexity index is 699. The molecule has 2 rings (SSSR count). The van der Waals surface area contributed by atoms with Crippen LogP contribution in [0.2, 0.25) is 0 Å². The minimum Gasteiger partial charge on any atom is -0.338 e. The normalized spacial score (nSPS) is 11.3. The summed E-state index contributed by atoms with van der Waals surface area (Å²) >= 11 is 1.77. The summed E-state index contributed by atoms with van der Waals surface area (Å²) in [6.45, 7) is 10.5. The fourth-order valence-corrected chi connectivity index (χ4v) is 3.61. The van der Waals surface area contributed by atoms with Crippen molar-refractivity contribution < 1.29 is 9.18 Å². The number of thiophene rings is 1. The summed E-state index contributed by atoms with van der Waals surface area (Å²) in [7, 11) is 0. The lowest BCUT2D eigenvalue weighted by Gasteiger charge is -2.29. The molecule has 0 bridgehead atoms. The number of rotatable bonds is 8. The van der Waals surface area contributed by atoms with Gasteiger partial charge in [-0.3, -0.25) is 9.69 Å². The number of hydrogen-bond donors (Lipinski definition) is 0. The molecule has 0 spiro atoms. The number of likely N-dealkylation sites (N-methyl/N-ethyl adjacent to an activating group) is 1. The number of halogens is 1. The summed E-state index contributed by atoms with van der Waals surface area (Å²) in [5, 5.41) is 0. The third-order valence-corrected chi connectivity index (χ3v) is 5.21. The molecule has 0 saturated heterocycles. The van der Waals surface area contributed by atoms with E-state index in [4.69, 9.17) is 0 Å². The second-order valence-electron chi connectivity index (χ2n) is 6.55. The zero-order valence-electron chi connectivity index (χ0n) is 15.5. The fourth-order valence-electron chi connectivity index (χ4n) is 2.70.